The average Bonchev–Trinajstić information content (AvgIpc) is 2.40. The molecule has 0 fully saturated rings. The molecular formula is C15H15BrFNO. The van der Waals surface area contributed by atoms with Crippen LogP contribution in [-0.2, 0) is 6.61 Å². The molecule has 1 atom stereocenters. The van der Waals surface area contributed by atoms with Crippen LogP contribution in [0.3, 0.4) is 0 Å². The van der Waals surface area contributed by atoms with Gasteiger partial charge in [-0.15, -0.1) is 0 Å². The van der Waals surface area contributed by atoms with Gasteiger partial charge in [-0.25, -0.2) is 4.39 Å². The SMILES string of the molecule is CC(N)c1ccc(OCc2ccc(F)c(Br)c2)cc1. The van der Waals surface area contributed by atoms with E-state index in [1.807, 2.05) is 31.2 Å². The second-order valence-corrected chi connectivity index (χ2v) is 5.25. The van der Waals surface area contributed by atoms with Crippen molar-refractivity contribution in [2.75, 3.05) is 0 Å². The van der Waals surface area contributed by atoms with E-state index in [9.17, 15) is 4.39 Å². The van der Waals surface area contributed by atoms with E-state index in [2.05, 4.69) is 15.9 Å². The summed E-state index contributed by atoms with van der Waals surface area (Å²) in [5.74, 6) is 0.495. The summed E-state index contributed by atoms with van der Waals surface area (Å²) in [7, 11) is 0. The van der Waals surface area contributed by atoms with E-state index >= 15 is 0 Å². The fraction of sp³-hybridized carbons (Fsp3) is 0.200. The van der Waals surface area contributed by atoms with Crippen LogP contribution >= 0.6 is 15.9 Å². The molecule has 0 radical (unpaired) electrons. The lowest BCUT2D eigenvalue weighted by Crippen LogP contribution is -2.04. The van der Waals surface area contributed by atoms with Crippen molar-refractivity contribution in [3.05, 3.63) is 63.9 Å². The zero-order valence-electron chi connectivity index (χ0n) is 10.6. The number of rotatable bonds is 4. The highest BCUT2D eigenvalue weighted by atomic mass is 79.9. The largest absolute Gasteiger partial charge is 0.489 e. The molecule has 19 heavy (non-hydrogen) atoms. The first-order valence-corrected chi connectivity index (χ1v) is 6.78. The van der Waals surface area contributed by atoms with Crippen molar-refractivity contribution in [1.29, 1.82) is 0 Å². The summed E-state index contributed by atoms with van der Waals surface area (Å²) < 4.78 is 19.2. The van der Waals surface area contributed by atoms with Gasteiger partial charge in [0, 0.05) is 6.04 Å². The van der Waals surface area contributed by atoms with E-state index < -0.39 is 0 Å². The van der Waals surface area contributed by atoms with E-state index in [4.69, 9.17) is 10.5 Å². The van der Waals surface area contributed by atoms with Crippen LogP contribution < -0.4 is 10.5 Å². The minimum atomic E-state index is -0.273. The highest BCUT2D eigenvalue weighted by Crippen LogP contribution is 2.20. The van der Waals surface area contributed by atoms with Crippen LogP contribution in [0.25, 0.3) is 0 Å². The van der Waals surface area contributed by atoms with E-state index in [1.54, 1.807) is 12.1 Å². The maximum absolute atomic E-state index is 13.1. The first-order valence-electron chi connectivity index (χ1n) is 5.98. The predicted octanol–water partition coefficient (Wildman–Crippen LogP) is 4.19. The molecule has 0 aliphatic heterocycles. The lowest BCUT2D eigenvalue weighted by Gasteiger charge is -2.09. The third kappa shape index (κ3) is 3.78. The number of halogens is 2. The topological polar surface area (TPSA) is 35.2 Å². The van der Waals surface area contributed by atoms with Crippen LogP contribution in [0.2, 0.25) is 0 Å². The highest BCUT2D eigenvalue weighted by molar-refractivity contribution is 9.10. The fourth-order valence-corrected chi connectivity index (χ4v) is 2.09. The van der Waals surface area contributed by atoms with Gasteiger partial charge in [-0.1, -0.05) is 18.2 Å². The van der Waals surface area contributed by atoms with Crippen molar-refractivity contribution in [2.24, 2.45) is 5.73 Å². The number of benzene rings is 2. The molecule has 0 bridgehead atoms. The van der Waals surface area contributed by atoms with Gasteiger partial charge in [0.15, 0.2) is 0 Å². The number of ether oxygens (including phenoxy) is 1. The standard InChI is InChI=1S/C15H15BrFNO/c1-10(18)12-3-5-13(6-4-12)19-9-11-2-7-15(17)14(16)8-11/h2-8,10H,9,18H2,1H3. The molecule has 0 aliphatic carbocycles. The lowest BCUT2D eigenvalue weighted by molar-refractivity contribution is 0.306. The third-order valence-corrected chi connectivity index (χ3v) is 3.40. The molecule has 0 aliphatic rings. The average molecular weight is 324 g/mol. The second kappa shape index (κ2) is 6.17. The summed E-state index contributed by atoms with van der Waals surface area (Å²) in [5.41, 5.74) is 7.75. The maximum Gasteiger partial charge on any atom is 0.137 e. The minimum absolute atomic E-state index is 0.0158. The van der Waals surface area contributed by atoms with Crippen molar-refractivity contribution in [1.82, 2.24) is 0 Å². The van der Waals surface area contributed by atoms with Crippen molar-refractivity contribution in [3.63, 3.8) is 0 Å². The van der Waals surface area contributed by atoms with Gasteiger partial charge in [-0.05, 0) is 58.2 Å². The molecule has 0 saturated carbocycles. The predicted molar refractivity (Wildman–Crippen MR) is 77.5 cm³/mol. The molecule has 4 heteroatoms. The molecule has 0 saturated heterocycles. The lowest BCUT2D eigenvalue weighted by atomic mass is 10.1. The van der Waals surface area contributed by atoms with Crippen LogP contribution in [-0.4, -0.2) is 0 Å². The molecule has 2 nitrogen and oxygen atoms in total. The highest BCUT2D eigenvalue weighted by Gasteiger charge is 2.02. The molecule has 100 valence electrons. The smallest absolute Gasteiger partial charge is 0.137 e. The van der Waals surface area contributed by atoms with Crippen LogP contribution in [0, 0.1) is 5.82 Å². The Balaban J connectivity index is 2.00. The first kappa shape index (κ1) is 14.0. The Labute approximate surface area is 120 Å². The number of nitrogens with two attached hydrogens (primary N) is 1. The third-order valence-electron chi connectivity index (χ3n) is 2.80. The van der Waals surface area contributed by atoms with Crippen molar-refractivity contribution in [3.8, 4) is 5.75 Å². The summed E-state index contributed by atoms with van der Waals surface area (Å²) in [6.07, 6.45) is 0. The van der Waals surface area contributed by atoms with Crippen LogP contribution in [0.4, 0.5) is 4.39 Å². The molecule has 2 N–H and O–H groups in total. The normalized spacial score (nSPS) is 12.2. The first-order chi connectivity index (χ1) is 9.06. The molecule has 0 spiro atoms. The van der Waals surface area contributed by atoms with E-state index in [0.29, 0.717) is 11.1 Å². The van der Waals surface area contributed by atoms with Gasteiger partial charge in [0.25, 0.3) is 0 Å². The van der Waals surface area contributed by atoms with Gasteiger partial charge >= 0.3 is 0 Å². The van der Waals surface area contributed by atoms with Crippen molar-refractivity contribution in [2.45, 2.75) is 19.6 Å². The van der Waals surface area contributed by atoms with Gasteiger partial charge in [-0.2, -0.15) is 0 Å². The number of hydrogen-bond acceptors (Lipinski definition) is 2. The fourth-order valence-electron chi connectivity index (χ4n) is 1.66. The zero-order chi connectivity index (χ0) is 13.8. The molecule has 0 aromatic heterocycles. The summed E-state index contributed by atoms with van der Waals surface area (Å²) in [6, 6.07) is 12.5. The van der Waals surface area contributed by atoms with Gasteiger partial charge in [0.05, 0.1) is 4.47 Å². The Hall–Kier alpha value is -1.39. The summed E-state index contributed by atoms with van der Waals surface area (Å²) in [4.78, 5) is 0. The Morgan fingerprint density at radius 2 is 1.89 bits per heavy atom. The van der Waals surface area contributed by atoms with Gasteiger partial charge in [-0.3, -0.25) is 0 Å². The summed E-state index contributed by atoms with van der Waals surface area (Å²) in [6.45, 7) is 2.34. The second-order valence-electron chi connectivity index (χ2n) is 4.39. The molecule has 2 aromatic rings. The molecule has 0 amide bonds. The van der Waals surface area contributed by atoms with Gasteiger partial charge in [0.1, 0.15) is 18.2 Å². The van der Waals surface area contributed by atoms with Crippen molar-refractivity contribution >= 4 is 15.9 Å². The Bertz CT molecular complexity index is 555. The Morgan fingerprint density at radius 3 is 2.47 bits per heavy atom. The van der Waals surface area contributed by atoms with Crippen LogP contribution in [0.1, 0.15) is 24.1 Å². The maximum atomic E-state index is 13.1. The zero-order valence-corrected chi connectivity index (χ0v) is 12.2. The van der Waals surface area contributed by atoms with E-state index in [-0.39, 0.29) is 11.9 Å². The van der Waals surface area contributed by atoms with Crippen molar-refractivity contribution < 1.29 is 9.13 Å². The minimum Gasteiger partial charge on any atom is -0.489 e. The van der Waals surface area contributed by atoms with E-state index in [1.165, 1.54) is 6.07 Å². The summed E-state index contributed by atoms with van der Waals surface area (Å²) >= 11 is 3.15. The number of hydrogen-bond donors (Lipinski definition) is 1. The Morgan fingerprint density at radius 1 is 1.21 bits per heavy atom. The Kier molecular flexibility index (Phi) is 4.56. The molecule has 1 unspecified atom stereocenters. The van der Waals surface area contributed by atoms with E-state index in [0.717, 1.165) is 16.9 Å². The van der Waals surface area contributed by atoms with Gasteiger partial charge < -0.3 is 10.5 Å². The summed E-state index contributed by atoms with van der Waals surface area (Å²) in [5, 5.41) is 0. The molecule has 2 rings (SSSR count). The molecule has 0 heterocycles. The molecule has 2 aromatic carbocycles. The van der Waals surface area contributed by atoms with Crippen LogP contribution in [0.15, 0.2) is 46.9 Å². The van der Waals surface area contributed by atoms with Crippen LogP contribution in [0.5, 0.6) is 5.75 Å². The quantitative estimate of drug-likeness (QED) is 0.915. The van der Waals surface area contributed by atoms with Gasteiger partial charge in [0.2, 0.25) is 0 Å². The monoisotopic (exact) mass is 323 g/mol. The molecular weight excluding hydrogens is 309 g/mol.